The Morgan fingerprint density at radius 1 is 1.19 bits per heavy atom. The fraction of sp³-hybridized carbons (Fsp3) is 0.0909. The highest BCUT2D eigenvalue weighted by Crippen LogP contribution is 2.21. The van der Waals surface area contributed by atoms with Crippen molar-refractivity contribution in [1.82, 2.24) is 18.9 Å². The maximum Gasteiger partial charge on any atom is 0.155 e. The molecule has 0 aromatic carbocycles. The summed E-state index contributed by atoms with van der Waals surface area (Å²) < 4.78 is 3.93. The van der Waals surface area contributed by atoms with E-state index in [1.807, 2.05) is 40.7 Å². The Hall–Kier alpha value is -1.81. The van der Waals surface area contributed by atoms with E-state index in [1.54, 1.807) is 12.4 Å². The highest BCUT2D eigenvalue weighted by Gasteiger charge is 2.07. The molecule has 0 aliphatic heterocycles. The molecule has 0 aliphatic carbocycles. The number of nitrogens with zero attached hydrogens (tertiary/aromatic N) is 4. The zero-order valence-corrected chi connectivity index (χ0v) is 9.39. The molecule has 0 atom stereocenters. The van der Waals surface area contributed by atoms with Crippen LogP contribution < -0.4 is 0 Å². The smallest absolute Gasteiger partial charge is 0.155 e. The molecule has 0 amide bonds. The quantitative estimate of drug-likeness (QED) is 0.646. The van der Waals surface area contributed by atoms with Crippen LogP contribution in [0.25, 0.3) is 16.9 Å². The molecule has 0 saturated heterocycles. The van der Waals surface area contributed by atoms with Crippen molar-refractivity contribution in [1.29, 1.82) is 0 Å². The van der Waals surface area contributed by atoms with Gasteiger partial charge in [-0.2, -0.15) is 0 Å². The lowest BCUT2D eigenvalue weighted by molar-refractivity contribution is 0.928. The van der Waals surface area contributed by atoms with Crippen molar-refractivity contribution in [3.63, 3.8) is 0 Å². The van der Waals surface area contributed by atoms with Gasteiger partial charge in [0.25, 0.3) is 0 Å². The first-order chi connectivity index (χ1) is 7.74. The molecule has 0 fully saturated rings. The molecule has 4 nitrogen and oxygen atoms in total. The molecule has 3 aromatic rings. The van der Waals surface area contributed by atoms with Crippen LogP contribution in [0.1, 0.15) is 0 Å². The number of aromatic nitrogens is 4. The molecule has 0 saturated carbocycles. The standard InChI is InChI=1S/C11H9ClN4/c1-15-3-2-8(6-15)9-4-14-11-5-13-10(12)7-16(9)11/h2-7H,1H3. The summed E-state index contributed by atoms with van der Waals surface area (Å²) in [4.78, 5) is 8.27. The summed E-state index contributed by atoms with van der Waals surface area (Å²) in [5.41, 5.74) is 2.92. The summed E-state index contributed by atoms with van der Waals surface area (Å²) in [6.45, 7) is 0. The molecule has 3 rings (SSSR count). The fourth-order valence-corrected chi connectivity index (χ4v) is 1.88. The fourth-order valence-electron chi connectivity index (χ4n) is 1.73. The lowest BCUT2D eigenvalue weighted by Crippen LogP contribution is -1.89. The Kier molecular flexibility index (Phi) is 1.97. The molecular weight excluding hydrogens is 224 g/mol. The number of imidazole rings is 1. The second-order valence-electron chi connectivity index (χ2n) is 3.65. The molecule has 5 heteroatoms. The van der Waals surface area contributed by atoms with Gasteiger partial charge < -0.3 is 4.57 Å². The van der Waals surface area contributed by atoms with E-state index in [1.165, 1.54) is 0 Å². The molecular formula is C11H9ClN4. The molecule has 16 heavy (non-hydrogen) atoms. The number of halogens is 1. The zero-order valence-electron chi connectivity index (χ0n) is 8.63. The highest BCUT2D eigenvalue weighted by molar-refractivity contribution is 6.29. The van der Waals surface area contributed by atoms with Crippen LogP contribution >= 0.6 is 11.6 Å². The summed E-state index contributed by atoms with van der Waals surface area (Å²) in [6, 6.07) is 2.04. The first kappa shape index (κ1) is 9.42. The number of hydrogen-bond acceptors (Lipinski definition) is 2. The molecule has 3 aromatic heterocycles. The van der Waals surface area contributed by atoms with E-state index in [4.69, 9.17) is 11.6 Å². The topological polar surface area (TPSA) is 35.1 Å². The Balaban J connectivity index is 2.27. The zero-order chi connectivity index (χ0) is 11.1. The first-order valence-electron chi connectivity index (χ1n) is 4.85. The normalized spacial score (nSPS) is 11.1. The van der Waals surface area contributed by atoms with E-state index >= 15 is 0 Å². The van der Waals surface area contributed by atoms with Gasteiger partial charge in [0, 0.05) is 31.2 Å². The van der Waals surface area contributed by atoms with Gasteiger partial charge in [-0.15, -0.1) is 0 Å². The second-order valence-corrected chi connectivity index (χ2v) is 4.03. The lowest BCUT2D eigenvalue weighted by Gasteiger charge is -1.98. The van der Waals surface area contributed by atoms with Crippen LogP contribution in [0.5, 0.6) is 0 Å². The minimum absolute atomic E-state index is 0.461. The Morgan fingerprint density at radius 2 is 2.06 bits per heavy atom. The van der Waals surface area contributed by atoms with Gasteiger partial charge >= 0.3 is 0 Å². The van der Waals surface area contributed by atoms with Crippen molar-refractivity contribution in [3.8, 4) is 11.3 Å². The van der Waals surface area contributed by atoms with Gasteiger partial charge in [-0.25, -0.2) is 9.97 Å². The minimum Gasteiger partial charge on any atom is -0.357 e. The third-order valence-corrected chi connectivity index (χ3v) is 2.69. The Bertz CT molecular complexity index is 653. The van der Waals surface area contributed by atoms with Crippen molar-refractivity contribution in [2.24, 2.45) is 7.05 Å². The predicted molar refractivity (Wildman–Crippen MR) is 62.4 cm³/mol. The third kappa shape index (κ3) is 1.39. The minimum atomic E-state index is 0.461. The Morgan fingerprint density at radius 3 is 2.81 bits per heavy atom. The van der Waals surface area contributed by atoms with Gasteiger partial charge in [0.1, 0.15) is 5.15 Å². The van der Waals surface area contributed by atoms with E-state index in [0.29, 0.717) is 5.15 Å². The maximum atomic E-state index is 5.88. The average molecular weight is 233 g/mol. The first-order valence-corrected chi connectivity index (χ1v) is 5.23. The van der Waals surface area contributed by atoms with Crippen LogP contribution in [0.15, 0.2) is 37.1 Å². The SMILES string of the molecule is Cn1ccc(-c2cnc3cnc(Cl)cn23)c1. The van der Waals surface area contributed by atoms with Gasteiger partial charge in [-0.1, -0.05) is 11.6 Å². The third-order valence-electron chi connectivity index (χ3n) is 2.49. The van der Waals surface area contributed by atoms with Gasteiger partial charge in [0.05, 0.1) is 18.1 Å². The second kappa shape index (κ2) is 3.35. The van der Waals surface area contributed by atoms with Gasteiger partial charge in [-0.3, -0.25) is 4.40 Å². The van der Waals surface area contributed by atoms with E-state index in [2.05, 4.69) is 9.97 Å². The predicted octanol–water partition coefficient (Wildman–Crippen LogP) is 2.39. The molecule has 0 spiro atoms. The van der Waals surface area contributed by atoms with Crippen molar-refractivity contribution in [2.75, 3.05) is 0 Å². The maximum absolute atomic E-state index is 5.88. The van der Waals surface area contributed by atoms with Crippen molar-refractivity contribution in [3.05, 3.63) is 42.2 Å². The van der Waals surface area contributed by atoms with E-state index in [-0.39, 0.29) is 0 Å². The largest absolute Gasteiger partial charge is 0.357 e. The van der Waals surface area contributed by atoms with Crippen LogP contribution in [-0.2, 0) is 7.05 Å². The summed E-state index contributed by atoms with van der Waals surface area (Å²) >= 11 is 5.88. The van der Waals surface area contributed by atoms with Gasteiger partial charge in [0.15, 0.2) is 5.65 Å². The van der Waals surface area contributed by atoms with Crippen LogP contribution in [0.4, 0.5) is 0 Å². The number of aryl methyl sites for hydroxylation is 1. The molecule has 80 valence electrons. The number of rotatable bonds is 1. The molecule has 0 aliphatic rings. The van der Waals surface area contributed by atoms with Crippen molar-refractivity contribution >= 4 is 17.2 Å². The van der Waals surface area contributed by atoms with E-state index in [9.17, 15) is 0 Å². The number of hydrogen-bond donors (Lipinski definition) is 0. The molecule has 3 heterocycles. The summed E-state index contributed by atoms with van der Waals surface area (Å²) in [5.74, 6) is 0. The van der Waals surface area contributed by atoms with Crippen LogP contribution in [-0.4, -0.2) is 18.9 Å². The monoisotopic (exact) mass is 232 g/mol. The van der Waals surface area contributed by atoms with Crippen LogP contribution in [0.3, 0.4) is 0 Å². The van der Waals surface area contributed by atoms with Crippen LogP contribution in [0, 0.1) is 0 Å². The van der Waals surface area contributed by atoms with Gasteiger partial charge in [0.2, 0.25) is 0 Å². The summed E-state index contributed by atoms with van der Waals surface area (Å²) in [6.07, 6.45) is 9.29. The van der Waals surface area contributed by atoms with E-state index < -0.39 is 0 Å². The number of fused-ring (bicyclic) bond motifs is 1. The molecule has 0 N–H and O–H groups in total. The summed E-state index contributed by atoms with van der Waals surface area (Å²) in [5, 5.41) is 0.461. The summed E-state index contributed by atoms with van der Waals surface area (Å²) in [7, 11) is 1.99. The molecule has 0 bridgehead atoms. The van der Waals surface area contributed by atoms with Crippen LogP contribution in [0.2, 0.25) is 5.15 Å². The Labute approximate surface area is 97.1 Å². The van der Waals surface area contributed by atoms with Crippen molar-refractivity contribution < 1.29 is 0 Å². The lowest BCUT2D eigenvalue weighted by atomic mass is 10.2. The average Bonchev–Trinajstić information content (AvgIpc) is 2.83. The highest BCUT2D eigenvalue weighted by atomic mass is 35.5. The molecule has 0 radical (unpaired) electrons. The molecule has 0 unspecified atom stereocenters. The van der Waals surface area contributed by atoms with E-state index in [0.717, 1.165) is 16.9 Å². The van der Waals surface area contributed by atoms with Crippen molar-refractivity contribution in [2.45, 2.75) is 0 Å². The van der Waals surface area contributed by atoms with Gasteiger partial charge in [-0.05, 0) is 6.07 Å².